The van der Waals surface area contributed by atoms with E-state index in [1.165, 1.54) is 15.3 Å². The lowest BCUT2D eigenvalue weighted by Gasteiger charge is -2.21. The number of thiophene rings is 1. The second-order valence-corrected chi connectivity index (χ2v) is 5.70. The van der Waals surface area contributed by atoms with E-state index in [4.69, 9.17) is 5.11 Å². The van der Waals surface area contributed by atoms with Crippen molar-refractivity contribution in [2.45, 2.75) is 32.7 Å². The molecule has 0 saturated carbocycles. The summed E-state index contributed by atoms with van der Waals surface area (Å²) in [6, 6.07) is 2.54. The van der Waals surface area contributed by atoms with Gasteiger partial charge in [0.25, 0.3) is 0 Å². The summed E-state index contributed by atoms with van der Waals surface area (Å²) >= 11 is 1.81. The van der Waals surface area contributed by atoms with E-state index in [-0.39, 0.29) is 6.54 Å². The highest BCUT2D eigenvalue weighted by molar-refractivity contribution is 7.12. The Morgan fingerprint density at radius 3 is 2.94 bits per heavy atom. The molecule has 0 radical (unpaired) electrons. The van der Waals surface area contributed by atoms with Gasteiger partial charge < -0.3 is 5.11 Å². The molecule has 0 spiro atoms. The molecule has 1 atom stereocenters. The average molecular weight is 239 g/mol. The van der Waals surface area contributed by atoms with Gasteiger partial charge in [-0.2, -0.15) is 0 Å². The van der Waals surface area contributed by atoms with Crippen molar-refractivity contribution in [1.29, 1.82) is 0 Å². The van der Waals surface area contributed by atoms with E-state index in [9.17, 15) is 4.79 Å². The van der Waals surface area contributed by atoms with Crippen LogP contribution in [0, 0.1) is 13.8 Å². The van der Waals surface area contributed by atoms with Crippen molar-refractivity contribution in [2.24, 2.45) is 0 Å². The lowest BCUT2D eigenvalue weighted by Crippen LogP contribution is -2.28. The fourth-order valence-electron chi connectivity index (χ4n) is 2.28. The zero-order chi connectivity index (χ0) is 11.7. The first-order valence-electron chi connectivity index (χ1n) is 5.60. The molecule has 0 bridgehead atoms. The summed E-state index contributed by atoms with van der Waals surface area (Å²) in [4.78, 5) is 15.5. The molecule has 2 rings (SSSR count). The minimum absolute atomic E-state index is 0.167. The van der Waals surface area contributed by atoms with Crippen LogP contribution in [0.25, 0.3) is 0 Å². The first-order chi connectivity index (χ1) is 7.58. The quantitative estimate of drug-likeness (QED) is 0.881. The summed E-state index contributed by atoms with van der Waals surface area (Å²) < 4.78 is 0. The van der Waals surface area contributed by atoms with Crippen molar-refractivity contribution < 1.29 is 9.90 Å². The highest BCUT2D eigenvalue weighted by Crippen LogP contribution is 2.36. The van der Waals surface area contributed by atoms with Crippen LogP contribution < -0.4 is 0 Å². The number of hydrogen-bond donors (Lipinski definition) is 1. The fourth-order valence-corrected chi connectivity index (χ4v) is 3.49. The zero-order valence-electron chi connectivity index (χ0n) is 9.69. The number of carbonyl (C=O) groups is 1. The Kier molecular flexibility index (Phi) is 3.30. The number of aryl methyl sites for hydroxylation is 2. The Hall–Kier alpha value is -0.870. The van der Waals surface area contributed by atoms with Crippen molar-refractivity contribution >= 4 is 17.3 Å². The van der Waals surface area contributed by atoms with Crippen LogP contribution in [-0.2, 0) is 4.79 Å². The van der Waals surface area contributed by atoms with Crippen LogP contribution in [0.5, 0.6) is 0 Å². The van der Waals surface area contributed by atoms with Gasteiger partial charge in [0.05, 0.1) is 6.54 Å². The third-order valence-electron chi connectivity index (χ3n) is 3.22. The summed E-state index contributed by atoms with van der Waals surface area (Å²) in [6.07, 6.45) is 2.20. The van der Waals surface area contributed by atoms with Crippen LogP contribution in [0.15, 0.2) is 6.07 Å². The second kappa shape index (κ2) is 4.55. The van der Waals surface area contributed by atoms with Gasteiger partial charge in [-0.05, 0) is 44.9 Å². The smallest absolute Gasteiger partial charge is 0.317 e. The molecular weight excluding hydrogens is 222 g/mol. The molecule has 88 valence electrons. The van der Waals surface area contributed by atoms with E-state index in [1.807, 2.05) is 11.3 Å². The molecule has 16 heavy (non-hydrogen) atoms. The molecule has 1 N–H and O–H groups in total. The normalized spacial score (nSPS) is 21.5. The SMILES string of the molecule is Cc1cc(C2CCCN2CC(=O)O)sc1C. The number of likely N-dealkylation sites (tertiary alicyclic amines) is 1. The second-order valence-electron chi connectivity index (χ2n) is 4.41. The van der Waals surface area contributed by atoms with E-state index in [2.05, 4.69) is 24.8 Å². The van der Waals surface area contributed by atoms with Crippen LogP contribution in [0.1, 0.15) is 34.2 Å². The van der Waals surface area contributed by atoms with Crippen molar-refractivity contribution in [3.63, 3.8) is 0 Å². The van der Waals surface area contributed by atoms with Gasteiger partial charge in [0.2, 0.25) is 0 Å². The fraction of sp³-hybridized carbons (Fsp3) is 0.583. The van der Waals surface area contributed by atoms with E-state index >= 15 is 0 Å². The van der Waals surface area contributed by atoms with Gasteiger partial charge in [-0.25, -0.2) is 0 Å². The molecule has 1 aliphatic heterocycles. The summed E-state index contributed by atoms with van der Waals surface area (Å²) in [5.41, 5.74) is 1.32. The van der Waals surface area contributed by atoms with E-state index in [0.29, 0.717) is 6.04 Å². The highest BCUT2D eigenvalue weighted by Gasteiger charge is 2.28. The van der Waals surface area contributed by atoms with Gasteiger partial charge in [-0.15, -0.1) is 11.3 Å². The predicted molar refractivity (Wildman–Crippen MR) is 65.0 cm³/mol. The molecule has 1 aromatic rings. The molecule has 0 aliphatic carbocycles. The number of nitrogens with zero attached hydrogens (tertiary/aromatic N) is 1. The first kappa shape index (κ1) is 11.6. The van der Waals surface area contributed by atoms with E-state index in [0.717, 1.165) is 19.4 Å². The maximum atomic E-state index is 10.8. The van der Waals surface area contributed by atoms with Crippen molar-refractivity contribution in [1.82, 2.24) is 4.90 Å². The number of hydrogen-bond acceptors (Lipinski definition) is 3. The lowest BCUT2D eigenvalue weighted by molar-refractivity contribution is -0.138. The van der Waals surface area contributed by atoms with Crippen molar-refractivity contribution in [3.8, 4) is 0 Å². The van der Waals surface area contributed by atoms with Crippen LogP contribution >= 0.6 is 11.3 Å². The summed E-state index contributed by atoms with van der Waals surface area (Å²) in [5, 5.41) is 8.86. The molecule has 0 aromatic carbocycles. The maximum Gasteiger partial charge on any atom is 0.317 e. The predicted octanol–water partition coefficient (Wildman–Crippen LogP) is 2.59. The third-order valence-corrected chi connectivity index (χ3v) is 4.47. The van der Waals surface area contributed by atoms with Gasteiger partial charge in [0.1, 0.15) is 0 Å². The number of carboxylic acid groups (broad SMARTS) is 1. The highest BCUT2D eigenvalue weighted by atomic mass is 32.1. The molecule has 1 saturated heterocycles. The van der Waals surface area contributed by atoms with Crippen molar-refractivity contribution in [3.05, 3.63) is 21.4 Å². The van der Waals surface area contributed by atoms with Crippen LogP contribution in [0.4, 0.5) is 0 Å². The number of carboxylic acids is 1. The minimum atomic E-state index is -0.725. The molecule has 2 heterocycles. The van der Waals surface area contributed by atoms with Crippen LogP contribution in [0.3, 0.4) is 0 Å². The standard InChI is InChI=1S/C12H17NO2S/c1-8-6-11(16-9(8)2)10-4-3-5-13(10)7-12(14)15/h6,10H,3-5,7H2,1-2H3,(H,14,15). The van der Waals surface area contributed by atoms with Crippen LogP contribution in [-0.4, -0.2) is 29.1 Å². The van der Waals surface area contributed by atoms with Crippen molar-refractivity contribution in [2.75, 3.05) is 13.1 Å². The molecule has 0 amide bonds. The van der Waals surface area contributed by atoms with Crippen LogP contribution in [0.2, 0.25) is 0 Å². The van der Waals surface area contributed by atoms with Gasteiger partial charge in [0.15, 0.2) is 0 Å². The first-order valence-corrected chi connectivity index (χ1v) is 6.42. The topological polar surface area (TPSA) is 40.5 Å². The summed E-state index contributed by atoms with van der Waals surface area (Å²) in [7, 11) is 0. The molecule has 3 nitrogen and oxygen atoms in total. The Labute approximate surface area is 99.7 Å². The summed E-state index contributed by atoms with van der Waals surface area (Å²) in [6.45, 7) is 5.32. The Morgan fingerprint density at radius 1 is 1.62 bits per heavy atom. The van der Waals surface area contributed by atoms with Gasteiger partial charge in [-0.1, -0.05) is 0 Å². The van der Waals surface area contributed by atoms with Gasteiger partial charge in [0, 0.05) is 15.8 Å². The number of aliphatic carboxylic acids is 1. The van der Waals surface area contributed by atoms with Gasteiger partial charge >= 0.3 is 5.97 Å². The largest absolute Gasteiger partial charge is 0.480 e. The molecule has 1 aliphatic rings. The molecule has 1 fully saturated rings. The molecular formula is C12H17NO2S. The number of rotatable bonds is 3. The lowest BCUT2D eigenvalue weighted by atomic mass is 10.1. The Bertz CT molecular complexity index is 380. The molecule has 4 heteroatoms. The maximum absolute atomic E-state index is 10.8. The Balaban J connectivity index is 2.16. The van der Waals surface area contributed by atoms with E-state index in [1.54, 1.807) is 0 Å². The summed E-state index contributed by atoms with van der Waals surface area (Å²) in [5.74, 6) is -0.725. The van der Waals surface area contributed by atoms with Gasteiger partial charge in [-0.3, -0.25) is 9.69 Å². The van der Waals surface area contributed by atoms with E-state index < -0.39 is 5.97 Å². The molecule has 1 aromatic heterocycles. The minimum Gasteiger partial charge on any atom is -0.480 e. The zero-order valence-corrected chi connectivity index (χ0v) is 10.5. The average Bonchev–Trinajstić information content (AvgIpc) is 2.74. The Morgan fingerprint density at radius 2 is 2.38 bits per heavy atom. The molecule has 1 unspecified atom stereocenters. The third kappa shape index (κ3) is 2.28. The monoisotopic (exact) mass is 239 g/mol.